The van der Waals surface area contributed by atoms with Crippen LogP contribution in [0.15, 0.2) is 71.6 Å². The number of rotatable bonds is 10. The van der Waals surface area contributed by atoms with Gasteiger partial charge < -0.3 is 15.2 Å². The molecular weight excluding hydrogens is 466 g/mol. The number of nitrogens with zero attached hydrogens (tertiary/aromatic N) is 2. The maximum atomic E-state index is 12.7. The van der Waals surface area contributed by atoms with Crippen LogP contribution in [0, 0.1) is 18.3 Å². The van der Waals surface area contributed by atoms with Crippen molar-refractivity contribution in [3.63, 3.8) is 0 Å². The lowest BCUT2D eigenvalue weighted by Crippen LogP contribution is -2.26. The minimum Gasteiger partial charge on any atom is -0.492 e. The summed E-state index contributed by atoms with van der Waals surface area (Å²) in [6.45, 7) is 3.13. The Balaban J connectivity index is 1.28. The molecule has 1 aromatic heterocycles. The van der Waals surface area contributed by atoms with E-state index in [0.29, 0.717) is 24.4 Å². The van der Waals surface area contributed by atoms with E-state index < -0.39 is 16.1 Å². The lowest BCUT2D eigenvalue weighted by Gasteiger charge is -2.15. The fraction of sp³-hybridized carbons (Fsp3) is 0.200. The monoisotopic (exact) mass is 491 g/mol. The number of sulfonamides is 1. The number of hydrogen-bond donors (Lipinski definition) is 4. The zero-order valence-electron chi connectivity index (χ0n) is 19.0. The zero-order valence-corrected chi connectivity index (χ0v) is 19.8. The van der Waals surface area contributed by atoms with Crippen LogP contribution in [0.25, 0.3) is 10.9 Å². The van der Waals surface area contributed by atoms with Crippen molar-refractivity contribution >= 4 is 26.6 Å². The van der Waals surface area contributed by atoms with Crippen molar-refractivity contribution in [1.29, 1.82) is 5.26 Å². The summed E-state index contributed by atoms with van der Waals surface area (Å²) in [5, 5.41) is 30.9. The summed E-state index contributed by atoms with van der Waals surface area (Å²) in [6.07, 6.45) is -0.842. The summed E-state index contributed by atoms with van der Waals surface area (Å²) in [5.74, 6) is 0.726. The molecule has 180 valence electrons. The molecule has 0 aliphatic rings. The van der Waals surface area contributed by atoms with E-state index in [9.17, 15) is 13.5 Å². The van der Waals surface area contributed by atoms with E-state index in [0.717, 1.165) is 22.3 Å². The largest absolute Gasteiger partial charge is 0.492 e. The number of fused-ring (bicyclic) bond motifs is 1. The fourth-order valence-electron chi connectivity index (χ4n) is 3.58. The number of aryl methyl sites for hydroxylation is 1. The quantitative estimate of drug-likeness (QED) is 0.250. The Morgan fingerprint density at radius 2 is 1.97 bits per heavy atom. The second-order valence-corrected chi connectivity index (χ2v) is 9.64. The molecule has 3 aromatic carbocycles. The Morgan fingerprint density at radius 3 is 2.80 bits per heavy atom. The highest BCUT2D eigenvalue weighted by Gasteiger charge is 2.16. The molecule has 4 aromatic rings. The molecule has 35 heavy (non-hydrogen) atoms. The third-order valence-electron chi connectivity index (χ3n) is 5.41. The number of benzene rings is 3. The maximum absolute atomic E-state index is 12.7. The normalized spacial score (nSPS) is 12.3. The van der Waals surface area contributed by atoms with Gasteiger partial charge in [0.25, 0.3) is 10.0 Å². The van der Waals surface area contributed by atoms with E-state index in [4.69, 9.17) is 10.00 Å². The van der Waals surface area contributed by atoms with Crippen molar-refractivity contribution in [2.75, 3.05) is 24.4 Å². The topological polar surface area (TPSA) is 140 Å². The number of aliphatic hydroxyl groups is 1. The molecule has 4 rings (SSSR count). The molecule has 1 unspecified atom stereocenters. The van der Waals surface area contributed by atoms with Crippen LogP contribution in [0.3, 0.4) is 0 Å². The van der Waals surface area contributed by atoms with Crippen molar-refractivity contribution < 1.29 is 18.3 Å². The Kier molecular flexibility index (Phi) is 7.31. The van der Waals surface area contributed by atoms with E-state index in [1.165, 1.54) is 24.3 Å². The first-order valence-electron chi connectivity index (χ1n) is 10.9. The number of aromatic amines is 1. The highest BCUT2D eigenvalue weighted by Crippen LogP contribution is 2.22. The highest BCUT2D eigenvalue weighted by molar-refractivity contribution is 7.92. The third kappa shape index (κ3) is 5.96. The molecule has 0 saturated heterocycles. The van der Waals surface area contributed by atoms with Crippen LogP contribution in [0.5, 0.6) is 5.75 Å². The summed E-state index contributed by atoms with van der Waals surface area (Å²) in [5.41, 5.74) is 2.98. The Morgan fingerprint density at radius 1 is 1.14 bits per heavy atom. The molecule has 1 heterocycles. The Labute approximate surface area is 203 Å². The molecule has 0 bridgehead atoms. The van der Waals surface area contributed by atoms with Gasteiger partial charge in [0.1, 0.15) is 12.4 Å². The zero-order chi connectivity index (χ0) is 24.8. The predicted octanol–water partition coefficient (Wildman–Crippen LogP) is 3.25. The molecule has 0 spiro atoms. The third-order valence-corrected chi connectivity index (χ3v) is 6.79. The van der Waals surface area contributed by atoms with E-state index in [1.54, 1.807) is 24.3 Å². The first-order chi connectivity index (χ1) is 16.9. The molecule has 0 saturated carbocycles. The number of nitrogens with one attached hydrogen (secondary N) is 3. The van der Waals surface area contributed by atoms with Crippen LogP contribution in [0.4, 0.5) is 5.69 Å². The Bertz CT molecular complexity index is 1480. The first kappa shape index (κ1) is 24.2. The van der Waals surface area contributed by atoms with Gasteiger partial charge in [-0.15, -0.1) is 0 Å². The fourth-order valence-corrected chi connectivity index (χ4v) is 4.67. The second kappa shape index (κ2) is 10.6. The van der Waals surface area contributed by atoms with Gasteiger partial charge in [0, 0.05) is 30.2 Å². The SMILES string of the molecule is Cc1n[nH]c2cc(OCCNCC(O)c3cccc(NS(=O)(=O)c4cccc(C#N)c4)c3)ccc12. The van der Waals surface area contributed by atoms with Gasteiger partial charge in [0.15, 0.2) is 0 Å². The van der Waals surface area contributed by atoms with Crippen molar-refractivity contribution in [2.24, 2.45) is 0 Å². The van der Waals surface area contributed by atoms with Gasteiger partial charge in [-0.05, 0) is 55.0 Å². The average molecular weight is 492 g/mol. The van der Waals surface area contributed by atoms with Gasteiger partial charge in [0.2, 0.25) is 0 Å². The van der Waals surface area contributed by atoms with E-state index in [-0.39, 0.29) is 17.0 Å². The predicted molar refractivity (Wildman–Crippen MR) is 133 cm³/mol. The highest BCUT2D eigenvalue weighted by atomic mass is 32.2. The first-order valence-corrected chi connectivity index (χ1v) is 12.4. The summed E-state index contributed by atoms with van der Waals surface area (Å²) >= 11 is 0. The molecule has 10 heteroatoms. The van der Waals surface area contributed by atoms with Crippen LogP contribution in [-0.2, 0) is 10.0 Å². The molecular formula is C25H25N5O4S. The van der Waals surface area contributed by atoms with E-state index in [2.05, 4.69) is 20.2 Å². The van der Waals surface area contributed by atoms with Gasteiger partial charge in [-0.2, -0.15) is 10.4 Å². The molecule has 0 aliphatic carbocycles. The minimum absolute atomic E-state index is 0.00835. The standard InChI is InChI=1S/C25H25N5O4S/c1-17-23-9-8-21(14-24(23)29-28-17)34-11-10-27-16-25(31)19-5-3-6-20(13-19)30-35(32,33)22-7-2-4-18(12-22)15-26/h2-9,12-14,25,27,30-31H,10-11,16H2,1H3,(H,28,29). The number of nitriles is 1. The number of ether oxygens (including phenoxy) is 1. The summed E-state index contributed by atoms with van der Waals surface area (Å²) in [7, 11) is -3.87. The lowest BCUT2D eigenvalue weighted by molar-refractivity contribution is 0.172. The van der Waals surface area contributed by atoms with Crippen molar-refractivity contribution in [1.82, 2.24) is 15.5 Å². The van der Waals surface area contributed by atoms with Gasteiger partial charge in [0.05, 0.1) is 33.8 Å². The van der Waals surface area contributed by atoms with Gasteiger partial charge in [-0.25, -0.2) is 8.42 Å². The van der Waals surface area contributed by atoms with Crippen LogP contribution in [0.2, 0.25) is 0 Å². The van der Waals surface area contributed by atoms with Gasteiger partial charge in [-0.1, -0.05) is 18.2 Å². The number of H-pyrrole nitrogens is 1. The maximum Gasteiger partial charge on any atom is 0.261 e. The number of aliphatic hydroxyl groups excluding tert-OH is 1. The number of hydrogen-bond acceptors (Lipinski definition) is 7. The average Bonchev–Trinajstić information content (AvgIpc) is 3.23. The molecule has 4 N–H and O–H groups in total. The summed E-state index contributed by atoms with van der Waals surface area (Å²) in [6, 6.07) is 20.0. The number of anilines is 1. The summed E-state index contributed by atoms with van der Waals surface area (Å²) in [4.78, 5) is -0.00835. The van der Waals surface area contributed by atoms with E-state index >= 15 is 0 Å². The molecule has 9 nitrogen and oxygen atoms in total. The van der Waals surface area contributed by atoms with Crippen LogP contribution in [-0.4, -0.2) is 43.4 Å². The van der Waals surface area contributed by atoms with Crippen molar-refractivity contribution in [3.8, 4) is 11.8 Å². The van der Waals surface area contributed by atoms with Crippen molar-refractivity contribution in [2.45, 2.75) is 17.9 Å². The van der Waals surface area contributed by atoms with Crippen molar-refractivity contribution in [3.05, 3.63) is 83.6 Å². The summed E-state index contributed by atoms with van der Waals surface area (Å²) < 4.78 is 33.6. The van der Waals surface area contributed by atoms with Gasteiger partial charge >= 0.3 is 0 Å². The van der Waals surface area contributed by atoms with Crippen LogP contribution in [0.1, 0.15) is 22.9 Å². The number of aromatic nitrogens is 2. The van der Waals surface area contributed by atoms with Crippen LogP contribution < -0.4 is 14.8 Å². The minimum atomic E-state index is -3.87. The molecule has 0 aliphatic heterocycles. The van der Waals surface area contributed by atoms with Gasteiger partial charge in [-0.3, -0.25) is 9.82 Å². The molecule has 0 radical (unpaired) electrons. The van der Waals surface area contributed by atoms with E-state index in [1.807, 2.05) is 31.2 Å². The second-order valence-electron chi connectivity index (χ2n) is 7.96. The van der Waals surface area contributed by atoms with Crippen LogP contribution >= 0.6 is 0 Å². The lowest BCUT2D eigenvalue weighted by atomic mass is 10.1. The molecule has 1 atom stereocenters. The molecule has 0 fully saturated rings. The smallest absolute Gasteiger partial charge is 0.261 e. The Hall–Kier alpha value is -3.91. The molecule has 0 amide bonds.